The minimum Gasteiger partial charge on any atom is -0.396 e. The molecule has 1 aromatic rings. The summed E-state index contributed by atoms with van der Waals surface area (Å²) in [5.41, 5.74) is -0.736. The molecule has 18 heavy (non-hydrogen) atoms. The van der Waals surface area contributed by atoms with E-state index >= 15 is 0 Å². The van der Waals surface area contributed by atoms with Crippen molar-refractivity contribution in [2.24, 2.45) is 0 Å². The minimum atomic E-state index is -4.34. The Bertz CT molecular complexity index is 351. The Balaban J connectivity index is 2.51. The van der Waals surface area contributed by atoms with Crippen molar-refractivity contribution in [1.82, 2.24) is 4.98 Å². The average Bonchev–Trinajstić information content (AvgIpc) is 2.33. The molecule has 1 aromatic heterocycles. The zero-order valence-electron chi connectivity index (χ0n) is 10.2. The lowest BCUT2D eigenvalue weighted by Gasteiger charge is -2.18. The van der Waals surface area contributed by atoms with Crippen molar-refractivity contribution >= 4 is 5.82 Å². The van der Waals surface area contributed by atoms with Crippen LogP contribution in [-0.4, -0.2) is 30.3 Å². The van der Waals surface area contributed by atoms with Gasteiger partial charge >= 0.3 is 6.18 Å². The Morgan fingerprint density at radius 3 is 2.44 bits per heavy atom. The summed E-state index contributed by atoms with van der Waals surface area (Å²) >= 11 is 0. The first kappa shape index (κ1) is 14.8. The number of nitrogens with zero attached hydrogens (tertiary/aromatic N) is 2. The van der Waals surface area contributed by atoms with Crippen LogP contribution in [0.3, 0.4) is 0 Å². The Morgan fingerprint density at radius 1 is 1.22 bits per heavy atom. The van der Waals surface area contributed by atoms with Gasteiger partial charge in [0, 0.05) is 26.4 Å². The molecule has 0 fully saturated rings. The molecule has 1 heterocycles. The maximum absolute atomic E-state index is 12.3. The third-order valence-electron chi connectivity index (χ3n) is 2.62. The van der Waals surface area contributed by atoms with E-state index in [0.717, 1.165) is 31.5 Å². The van der Waals surface area contributed by atoms with Gasteiger partial charge < -0.3 is 10.0 Å². The highest BCUT2D eigenvalue weighted by atomic mass is 19.4. The molecule has 0 saturated carbocycles. The Labute approximate surface area is 104 Å². The van der Waals surface area contributed by atoms with E-state index in [4.69, 9.17) is 5.11 Å². The van der Waals surface area contributed by atoms with Crippen LogP contribution in [0.4, 0.5) is 19.0 Å². The van der Waals surface area contributed by atoms with Gasteiger partial charge in [-0.2, -0.15) is 13.2 Å². The number of pyridine rings is 1. The SMILES string of the molecule is CN(CCCCCO)c1ccc(C(F)(F)F)cn1. The third-order valence-corrected chi connectivity index (χ3v) is 2.62. The normalized spacial score (nSPS) is 11.6. The molecular formula is C12H17F3N2O. The number of aliphatic hydroxyl groups is 1. The molecule has 0 spiro atoms. The molecular weight excluding hydrogens is 245 g/mol. The lowest BCUT2D eigenvalue weighted by molar-refractivity contribution is -0.137. The van der Waals surface area contributed by atoms with Crippen molar-refractivity contribution in [2.75, 3.05) is 25.1 Å². The number of halogens is 3. The number of unbranched alkanes of at least 4 members (excludes halogenated alkanes) is 2. The van der Waals surface area contributed by atoms with E-state index in [1.54, 1.807) is 11.9 Å². The minimum absolute atomic E-state index is 0.169. The fraction of sp³-hybridized carbons (Fsp3) is 0.583. The monoisotopic (exact) mass is 262 g/mol. The first-order valence-electron chi connectivity index (χ1n) is 5.80. The van der Waals surface area contributed by atoms with Crippen molar-refractivity contribution < 1.29 is 18.3 Å². The molecule has 1 N–H and O–H groups in total. The van der Waals surface area contributed by atoms with Gasteiger partial charge in [0.2, 0.25) is 0 Å². The molecule has 0 aliphatic carbocycles. The lowest BCUT2D eigenvalue weighted by atomic mass is 10.2. The molecule has 3 nitrogen and oxygen atoms in total. The zero-order valence-corrected chi connectivity index (χ0v) is 10.2. The summed E-state index contributed by atoms with van der Waals surface area (Å²) in [4.78, 5) is 5.60. The van der Waals surface area contributed by atoms with Gasteiger partial charge in [-0.3, -0.25) is 0 Å². The van der Waals surface area contributed by atoms with Gasteiger partial charge in [-0.25, -0.2) is 4.98 Å². The number of hydrogen-bond acceptors (Lipinski definition) is 3. The summed E-state index contributed by atoms with van der Waals surface area (Å²) in [5.74, 6) is 0.520. The van der Waals surface area contributed by atoms with Gasteiger partial charge in [-0.15, -0.1) is 0 Å². The molecule has 0 unspecified atom stereocenters. The molecule has 0 amide bonds. The molecule has 0 bridgehead atoms. The molecule has 0 saturated heterocycles. The van der Waals surface area contributed by atoms with E-state index in [1.807, 2.05) is 0 Å². The number of aliphatic hydroxyl groups excluding tert-OH is 1. The smallest absolute Gasteiger partial charge is 0.396 e. The predicted octanol–water partition coefficient (Wildman–Crippen LogP) is 2.70. The van der Waals surface area contributed by atoms with Gasteiger partial charge in [0.15, 0.2) is 0 Å². The Hall–Kier alpha value is -1.30. The standard InChI is InChI=1S/C12H17F3N2O/c1-17(7-3-2-4-8-18)11-6-5-10(9-16-11)12(13,14)15/h5-6,9,18H,2-4,7-8H2,1H3. The molecule has 1 rings (SSSR count). The highest BCUT2D eigenvalue weighted by molar-refractivity contribution is 5.38. The van der Waals surface area contributed by atoms with E-state index in [0.29, 0.717) is 12.4 Å². The highest BCUT2D eigenvalue weighted by Crippen LogP contribution is 2.29. The molecule has 6 heteroatoms. The van der Waals surface area contributed by atoms with Gasteiger partial charge in [-0.05, 0) is 31.4 Å². The quantitative estimate of drug-likeness (QED) is 0.801. The summed E-state index contributed by atoms with van der Waals surface area (Å²) in [7, 11) is 1.79. The Morgan fingerprint density at radius 2 is 1.94 bits per heavy atom. The van der Waals surface area contributed by atoms with Crippen LogP contribution in [0.15, 0.2) is 18.3 Å². The number of hydrogen-bond donors (Lipinski definition) is 1. The van der Waals surface area contributed by atoms with Crippen molar-refractivity contribution in [3.63, 3.8) is 0 Å². The fourth-order valence-electron chi connectivity index (χ4n) is 1.53. The van der Waals surface area contributed by atoms with Crippen LogP contribution in [0.2, 0.25) is 0 Å². The van der Waals surface area contributed by atoms with E-state index in [9.17, 15) is 13.2 Å². The second-order valence-electron chi connectivity index (χ2n) is 4.11. The molecule has 0 atom stereocenters. The first-order chi connectivity index (χ1) is 8.45. The molecule has 0 aromatic carbocycles. The van der Waals surface area contributed by atoms with Crippen molar-refractivity contribution in [3.05, 3.63) is 23.9 Å². The number of alkyl halides is 3. The molecule has 102 valence electrons. The Kier molecular flexibility index (Phi) is 5.40. The summed E-state index contributed by atoms with van der Waals surface area (Å²) < 4.78 is 37.0. The van der Waals surface area contributed by atoms with Crippen LogP contribution in [-0.2, 0) is 6.18 Å². The average molecular weight is 262 g/mol. The van der Waals surface area contributed by atoms with Crippen molar-refractivity contribution in [3.8, 4) is 0 Å². The van der Waals surface area contributed by atoms with E-state index in [1.165, 1.54) is 6.07 Å². The number of aromatic nitrogens is 1. The summed E-state index contributed by atoms with van der Waals surface area (Å²) in [6, 6.07) is 2.40. The van der Waals surface area contributed by atoms with Gasteiger partial charge in [0.05, 0.1) is 5.56 Å². The predicted molar refractivity (Wildman–Crippen MR) is 63.4 cm³/mol. The van der Waals surface area contributed by atoms with E-state index in [-0.39, 0.29) is 6.61 Å². The largest absolute Gasteiger partial charge is 0.417 e. The third kappa shape index (κ3) is 4.52. The van der Waals surface area contributed by atoms with Crippen LogP contribution < -0.4 is 4.90 Å². The molecule has 0 aliphatic heterocycles. The number of anilines is 1. The van der Waals surface area contributed by atoms with E-state index in [2.05, 4.69) is 4.98 Å². The van der Waals surface area contributed by atoms with Gasteiger partial charge in [0.25, 0.3) is 0 Å². The first-order valence-corrected chi connectivity index (χ1v) is 5.80. The second-order valence-corrected chi connectivity index (χ2v) is 4.11. The zero-order chi connectivity index (χ0) is 13.6. The molecule has 0 aliphatic rings. The molecule has 0 radical (unpaired) electrons. The topological polar surface area (TPSA) is 36.4 Å². The summed E-state index contributed by atoms with van der Waals surface area (Å²) in [6.07, 6.45) is -0.986. The van der Waals surface area contributed by atoms with Crippen LogP contribution in [0.5, 0.6) is 0 Å². The fourth-order valence-corrected chi connectivity index (χ4v) is 1.53. The van der Waals surface area contributed by atoms with Gasteiger partial charge in [0.1, 0.15) is 5.82 Å². The van der Waals surface area contributed by atoms with Crippen LogP contribution in [0, 0.1) is 0 Å². The maximum atomic E-state index is 12.3. The van der Waals surface area contributed by atoms with Crippen LogP contribution in [0.1, 0.15) is 24.8 Å². The summed E-state index contributed by atoms with van der Waals surface area (Å²) in [5, 5.41) is 8.62. The van der Waals surface area contributed by atoms with Crippen LogP contribution >= 0.6 is 0 Å². The lowest BCUT2D eigenvalue weighted by Crippen LogP contribution is -2.20. The van der Waals surface area contributed by atoms with Gasteiger partial charge in [-0.1, -0.05) is 0 Å². The summed E-state index contributed by atoms with van der Waals surface area (Å²) in [6.45, 7) is 0.876. The van der Waals surface area contributed by atoms with E-state index < -0.39 is 11.7 Å². The maximum Gasteiger partial charge on any atom is 0.417 e. The highest BCUT2D eigenvalue weighted by Gasteiger charge is 2.30. The number of rotatable bonds is 6. The van der Waals surface area contributed by atoms with Crippen molar-refractivity contribution in [1.29, 1.82) is 0 Å². The second kappa shape index (κ2) is 6.58. The van der Waals surface area contributed by atoms with Crippen LogP contribution in [0.25, 0.3) is 0 Å². The van der Waals surface area contributed by atoms with Crippen molar-refractivity contribution in [2.45, 2.75) is 25.4 Å².